The number of hydrogen-bond acceptors (Lipinski definition) is 10. The first-order valence-corrected chi connectivity index (χ1v) is 32.0. The lowest BCUT2D eigenvalue weighted by Crippen LogP contribution is -2.60. The summed E-state index contributed by atoms with van der Waals surface area (Å²) in [6, 6.07) is -1.19. The maximum absolute atomic E-state index is 13.2. The highest BCUT2D eigenvalue weighted by atomic mass is 16.7. The molecule has 446 valence electrons. The smallest absolute Gasteiger partial charge is 0.249 e. The van der Waals surface area contributed by atoms with Gasteiger partial charge in [0, 0.05) is 0 Å². The number of hydrogen-bond donors (Lipinski definition) is 8. The molecule has 0 bridgehead atoms. The Morgan fingerprint density at radius 2 is 0.868 bits per heavy atom. The molecule has 11 heteroatoms. The van der Waals surface area contributed by atoms with Crippen LogP contribution < -0.4 is 5.32 Å². The van der Waals surface area contributed by atoms with Gasteiger partial charge in [0.1, 0.15) is 36.6 Å². The third-order valence-electron chi connectivity index (χ3n) is 15.3. The fourth-order valence-electron chi connectivity index (χ4n) is 10.2. The van der Waals surface area contributed by atoms with Gasteiger partial charge in [-0.15, -0.1) is 0 Å². The second-order valence-corrected chi connectivity index (χ2v) is 22.4. The highest BCUT2D eigenvalue weighted by Crippen LogP contribution is 2.23. The van der Waals surface area contributed by atoms with Gasteiger partial charge in [-0.05, 0) is 77.0 Å². The summed E-state index contributed by atoms with van der Waals surface area (Å²) >= 11 is 0. The van der Waals surface area contributed by atoms with Gasteiger partial charge in [0.05, 0.1) is 25.4 Å². The van der Waals surface area contributed by atoms with E-state index in [0.717, 1.165) is 51.4 Å². The summed E-state index contributed by atoms with van der Waals surface area (Å²) in [4.78, 5) is 13.2. The maximum Gasteiger partial charge on any atom is 0.249 e. The van der Waals surface area contributed by atoms with E-state index in [4.69, 9.17) is 9.47 Å². The van der Waals surface area contributed by atoms with Crippen molar-refractivity contribution in [3.8, 4) is 0 Å². The second-order valence-electron chi connectivity index (χ2n) is 22.4. The van der Waals surface area contributed by atoms with Crippen molar-refractivity contribution in [1.29, 1.82) is 0 Å². The fraction of sp³-hybridized carbons (Fsp3) is 0.862. The van der Waals surface area contributed by atoms with Gasteiger partial charge in [-0.25, -0.2) is 0 Å². The van der Waals surface area contributed by atoms with E-state index in [1.807, 2.05) is 0 Å². The molecule has 1 amide bonds. The van der Waals surface area contributed by atoms with E-state index in [1.54, 1.807) is 0 Å². The van der Waals surface area contributed by atoms with Gasteiger partial charge in [-0.3, -0.25) is 4.79 Å². The molecule has 1 aliphatic rings. The number of ether oxygens (including phenoxy) is 2. The molecule has 1 heterocycles. The normalized spacial score (nSPS) is 19.9. The van der Waals surface area contributed by atoms with Crippen molar-refractivity contribution in [2.75, 3.05) is 13.2 Å². The summed E-state index contributed by atoms with van der Waals surface area (Å²) in [5.74, 6) is -0.710. The molecule has 1 saturated heterocycles. The molecule has 8 N–H and O–H groups in total. The molecule has 1 aliphatic heterocycles. The van der Waals surface area contributed by atoms with Crippen LogP contribution in [0.2, 0.25) is 0 Å². The van der Waals surface area contributed by atoms with Crippen LogP contribution in [0.3, 0.4) is 0 Å². The number of aliphatic hydroxyl groups excluding tert-OH is 7. The minimum atomic E-state index is -1.67. The van der Waals surface area contributed by atoms with E-state index in [9.17, 15) is 40.5 Å². The zero-order valence-electron chi connectivity index (χ0n) is 49.0. The van der Waals surface area contributed by atoms with E-state index < -0.39 is 74.2 Å². The molecule has 76 heavy (non-hydrogen) atoms. The van der Waals surface area contributed by atoms with Gasteiger partial charge in [-0.2, -0.15) is 0 Å². The van der Waals surface area contributed by atoms with Crippen LogP contribution in [0, 0.1) is 0 Å². The van der Waals surface area contributed by atoms with E-state index in [-0.39, 0.29) is 12.8 Å². The summed E-state index contributed by atoms with van der Waals surface area (Å²) in [5, 5.41) is 76.3. The Morgan fingerprint density at radius 3 is 1.32 bits per heavy atom. The highest BCUT2D eigenvalue weighted by Gasteiger charge is 2.44. The third kappa shape index (κ3) is 41.1. The van der Waals surface area contributed by atoms with Crippen LogP contribution >= 0.6 is 0 Å². The first kappa shape index (κ1) is 72.1. The molecule has 11 nitrogen and oxygen atoms in total. The van der Waals surface area contributed by atoms with Crippen molar-refractivity contribution in [2.45, 2.75) is 345 Å². The predicted molar refractivity (Wildman–Crippen MR) is 316 cm³/mol. The number of nitrogens with one attached hydrogen (secondary N) is 1. The first-order chi connectivity index (χ1) is 37.2. The quantitative estimate of drug-likeness (QED) is 0.0215. The predicted octanol–water partition coefficient (Wildman–Crippen LogP) is 14.4. The number of carbonyl (C=O) groups is 1. The maximum atomic E-state index is 13.2. The zero-order chi connectivity index (χ0) is 55.4. The van der Waals surface area contributed by atoms with Crippen LogP contribution in [0.25, 0.3) is 0 Å². The van der Waals surface area contributed by atoms with Crippen LogP contribution in [0.1, 0.15) is 290 Å². The standard InChI is InChI=1S/C65H121NO10/c1-3-5-7-9-11-13-15-17-19-21-23-25-26-27-28-29-30-31-32-33-35-36-38-40-42-44-46-48-50-52-57(68)60(70)56(55-75-65-63(73)62(72)61(71)59(54-67)76-65)66-64(74)58(69)53-51-49-47-45-43-41-39-37-34-24-22-20-18-16-14-12-10-8-6-4-2/h6,8,12,14,36,38,44,46,56-63,65,67-73H,3-5,7,9-11,13,15-35,37,39-43,45,47-55H2,1-2H3,(H,66,74)/b8-6-,14-12-,38-36+,46-44+. The van der Waals surface area contributed by atoms with Gasteiger partial charge < -0.3 is 50.5 Å². The molecular formula is C65H121NO10. The number of carbonyl (C=O) groups excluding carboxylic acids is 1. The monoisotopic (exact) mass is 1080 g/mol. The van der Waals surface area contributed by atoms with Crippen molar-refractivity contribution >= 4 is 5.91 Å². The van der Waals surface area contributed by atoms with Crippen molar-refractivity contribution in [3.63, 3.8) is 0 Å². The number of amides is 1. The van der Waals surface area contributed by atoms with Crippen molar-refractivity contribution < 1.29 is 50.0 Å². The van der Waals surface area contributed by atoms with Crippen molar-refractivity contribution in [2.24, 2.45) is 0 Å². The van der Waals surface area contributed by atoms with Crippen molar-refractivity contribution in [3.05, 3.63) is 48.6 Å². The van der Waals surface area contributed by atoms with Gasteiger partial charge >= 0.3 is 0 Å². The summed E-state index contributed by atoms with van der Waals surface area (Å²) in [5.41, 5.74) is 0. The SMILES string of the molecule is CC/C=C\C/C=C\CCCCCCCCCCCCCCCC(O)C(=O)NC(COC1OC(CO)C(O)C(O)C1O)C(O)C(O)CCC/C=C/CC/C=C/CCCCCCCCCCCCCCCCCCCCCC. The summed E-state index contributed by atoms with van der Waals surface area (Å²) < 4.78 is 11.2. The Labute approximate surface area is 466 Å². The molecule has 0 radical (unpaired) electrons. The Hall–Kier alpha value is -1.93. The minimum Gasteiger partial charge on any atom is -0.394 e. The first-order valence-electron chi connectivity index (χ1n) is 32.0. The average Bonchev–Trinajstić information content (AvgIpc) is 3.42. The lowest BCUT2D eigenvalue weighted by molar-refractivity contribution is -0.303. The summed E-state index contributed by atoms with van der Waals surface area (Å²) in [6.07, 6.45) is 57.6. The van der Waals surface area contributed by atoms with Crippen LogP contribution in [0.15, 0.2) is 48.6 Å². The number of aliphatic hydroxyl groups is 7. The lowest BCUT2D eigenvalue weighted by Gasteiger charge is -2.40. The largest absolute Gasteiger partial charge is 0.394 e. The van der Waals surface area contributed by atoms with Gasteiger partial charge in [-0.1, -0.05) is 262 Å². The summed E-state index contributed by atoms with van der Waals surface area (Å²) in [7, 11) is 0. The molecule has 9 atom stereocenters. The molecule has 9 unspecified atom stereocenters. The topological polar surface area (TPSA) is 189 Å². The van der Waals surface area contributed by atoms with Gasteiger partial charge in [0.15, 0.2) is 6.29 Å². The molecule has 0 spiro atoms. The number of unbranched alkanes of at least 4 members (excludes halogenated alkanes) is 35. The van der Waals surface area contributed by atoms with E-state index in [0.29, 0.717) is 19.3 Å². The molecule has 1 rings (SSSR count). The van der Waals surface area contributed by atoms with Crippen LogP contribution in [-0.2, 0) is 14.3 Å². The molecule has 0 aromatic carbocycles. The van der Waals surface area contributed by atoms with Crippen LogP contribution in [0.4, 0.5) is 0 Å². The minimum absolute atomic E-state index is 0.246. The number of allylic oxidation sites excluding steroid dienone is 8. The lowest BCUT2D eigenvalue weighted by atomic mass is 9.98. The van der Waals surface area contributed by atoms with Gasteiger partial charge in [0.2, 0.25) is 5.91 Å². The van der Waals surface area contributed by atoms with Crippen LogP contribution in [0.5, 0.6) is 0 Å². The van der Waals surface area contributed by atoms with Crippen LogP contribution in [-0.4, -0.2) is 110 Å². The van der Waals surface area contributed by atoms with Gasteiger partial charge in [0.25, 0.3) is 0 Å². The van der Waals surface area contributed by atoms with E-state index in [2.05, 4.69) is 67.8 Å². The van der Waals surface area contributed by atoms with E-state index in [1.165, 1.54) is 193 Å². The zero-order valence-corrected chi connectivity index (χ0v) is 49.0. The number of rotatable bonds is 55. The molecule has 0 aromatic rings. The fourth-order valence-corrected chi connectivity index (χ4v) is 10.2. The molecule has 0 aromatic heterocycles. The third-order valence-corrected chi connectivity index (χ3v) is 15.3. The molecular weight excluding hydrogens is 955 g/mol. The average molecular weight is 1080 g/mol. The molecule has 0 aliphatic carbocycles. The highest BCUT2D eigenvalue weighted by molar-refractivity contribution is 5.80. The Kier molecular flexibility index (Phi) is 50.9. The Balaban J connectivity index is 2.27. The molecule has 0 saturated carbocycles. The Bertz CT molecular complexity index is 1370. The Morgan fingerprint density at radius 1 is 0.474 bits per heavy atom. The van der Waals surface area contributed by atoms with E-state index >= 15 is 0 Å². The van der Waals surface area contributed by atoms with Crippen molar-refractivity contribution in [1.82, 2.24) is 5.32 Å². The second kappa shape index (κ2) is 53.7. The summed E-state index contributed by atoms with van der Waals surface area (Å²) in [6.45, 7) is 3.37. The molecule has 1 fully saturated rings.